The smallest absolute Gasteiger partial charge is 0.394 e. The minimum atomic E-state index is -4.67. The van der Waals surface area contributed by atoms with E-state index >= 15 is 0 Å². The molecule has 0 amide bonds. The Hall–Kier alpha value is -1.51. The van der Waals surface area contributed by atoms with Crippen LogP contribution in [0.2, 0.25) is 0 Å². The van der Waals surface area contributed by atoms with E-state index < -0.39 is 10.4 Å². The molecule has 0 fully saturated rings. The zero-order valence-corrected chi connectivity index (χ0v) is 7.66. The van der Waals surface area contributed by atoms with Crippen molar-refractivity contribution >= 4 is 16.6 Å². The van der Waals surface area contributed by atoms with Gasteiger partial charge in [-0.15, -0.1) is 0 Å². The molecule has 1 aromatic rings. The van der Waals surface area contributed by atoms with Crippen LogP contribution in [-0.4, -0.2) is 33.9 Å². The summed E-state index contributed by atoms with van der Waals surface area (Å²) in [7, 11) is -4.67. The van der Waals surface area contributed by atoms with E-state index in [4.69, 9.17) is 22.7 Å². The molecule has 0 unspecified atom stereocenters. The van der Waals surface area contributed by atoms with Gasteiger partial charge in [-0.05, 0) is 12.1 Å². The SMILES string of the molecule is C.O=S(=O)(O)O.ON=Cc1ccccn1. The largest absolute Gasteiger partial charge is 0.411 e. The predicted octanol–water partition coefficient (Wildman–Crippen LogP) is 0.873. The molecule has 86 valence electrons. The van der Waals surface area contributed by atoms with Gasteiger partial charge in [0.1, 0.15) is 0 Å². The van der Waals surface area contributed by atoms with Gasteiger partial charge in [0.05, 0.1) is 11.9 Å². The summed E-state index contributed by atoms with van der Waals surface area (Å²) >= 11 is 0. The van der Waals surface area contributed by atoms with Gasteiger partial charge in [0.25, 0.3) is 0 Å². The number of nitrogens with zero attached hydrogens (tertiary/aromatic N) is 2. The monoisotopic (exact) mass is 236 g/mol. The molecule has 0 aliphatic heterocycles. The van der Waals surface area contributed by atoms with Crippen LogP contribution in [-0.2, 0) is 10.4 Å². The van der Waals surface area contributed by atoms with Crippen LogP contribution in [0.25, 0.3) is 0 Å². The fourth-order valence-electron chi connectivity index (χ4n) is 0.511. The van der Waals surface area contributed by atoms with Crippen molar-refractivity contribution in [2.24, 2.45) is 5.16 Å². The fourth-order valence-corrected chi connectivity index (χ4v) is 0.511. The second-order valence-electron chi connectivity index (χ2n) is 1.95. The maximum absolute atomic E-state index is 8.74. The molecule has 15 heavy (non-hydrogen) atoms. The van der Waals surface area contributed by atoms with Crippen molar-refractivity contribution in [3.8, 4) is 0 Å². The number of hydrogen-bond acceptors (Lipinski definition) is 5. The van der Waals surface area contributed by atoms with Crippen molar-refractivity contribution in [1.29, 1.82) is 0 Å². The fraction of sp³-hybridized carbons (Fsp3) is 0.143. The van der Waals surface area contributed by atoms with Crippen molar-refractivity contribution in [1.82, 2.24) is 4.98 Å². The van der Waals surface area contributed by atoms with E-state index in [-0.39, 0.29) is 7.43 Å². The van der Waals surface area contributed by atoms with E-state index in [0.717, 1.165) is 0 Å². The molecular formula is C7H12N2O5S. The lowest BCUT2D eigenvalue weighted by atomic mass is 10.4. The molecule has 0 spiro atoms. The first-order valence-electron chi connectivity index (χ1n) is 3.22. The Kier molecular flexibility index (Phi) is 8.35. The quantitative estimate of drug-likeness (QED) is 0.288. The highest BCUT2D eigenvalue weighted by molar-refractivity contribution is 7.79. The molecule has 7 nitrogen and oxygen atoms in total. The predicted molar refractivity (Wildman–Crippen MR) is 54.5 cm³/mol. The lowest BCUT2D eigenvalue weighted by molar-refractivity contribution is 0.321. The normalized spacial score (nSPS) is 10.0. The van der Waals surface area contributed by atoms with Crippen LogP contribution < -0.4 is 0 Å². The second kappa shape index (κ2) is 7.85. The highest BCUT2D eigenvalue weighted by atomic mass is 32.3. The van der Waals surface area contributed by atoms with Crippen molar-refractivity contribution in [3.05, 3.63) is 30.1 Å². The summed E-state index contributed by atoms with van der Waals surface area (Å²) in [5.41, 5.74) is 0.653. The molecular weight excluding hydrogens is 224 g/mol. The highest BCUT2D eigenvalue weighted by Gasteiger charge is 1.84. The van der Waals surface area contributed by atoms with Gasteiger partial charge in [-0.3, -0.25) is 14.1 Å². The van der Waals surface area contributed by atoms with Crippen LogP contribution in [0, 0.1) is 0 Å². The van der Waals surface area contributed by atoms with Crippen molar-refractivity contribution in [3.63, 3.8) is 0 Å². The van der Waals surface area contributed by atoms with E-state index in [1.807, 2.05) is 6.07 Å². The number of oxime groups is 1. The average Bonchev–Trinajstić information content (AvgIpc) is 2.03. The third-order valence-corrected chi connectivity index (χ3v) is 0.878. The average molecular weight is 236 g/mol. The Balaban J connectivity index is 0. The second-order valence-corrected chi connectivity index (χ2v) is 2.84. The van der Waals surface area contributed by atoms with Gasteiger partial charge < -0.3 is 5.21 Å². The Morgan fingerprint density at radius 1 is 1.33 bits per heavy atom. The Labute approximate surface area is 87.7 Å². The molecule has 0 saturated heterocycles. The van der Waals surface area contributed by atoms with Crippen LogP contribution >= 0.6 is 0 Å². The zero-order valence-electron chi connectivity index (χ0n) is 6.85. The van der Waals surface area contributed by atoms with Gasteiger partial charge in [-0.2, -0.15) is 8.42 Å². The van der Waals surface area contributed by atoms with E-state index in [2.05, 4.69) is 10.1 Å². The minimum absolute atomic E-state index is 0. The molecule has 0 aliphatic rings. The molecule has 1 rings (SSSR count). The zero-order chi connectivity index (χ0) is 11.0. The lowest BCUT2D eigenvalue weighted by Gasteiger charge is -1.84. The van der Waals surface area contributed by atoms with Crippen molar-refractivity contribution < 1.29 is 22.7 Å². The molecule has 8 heteroatoms. The summed E-state index contributed by atoms with van der Waals surface area (Å²) in [5.74, 6) is 0. The molecule has 0 saturated carbocycles. The van der Waals surface area contributed by atoms with Gasteiger partial charge >= 0.3 is 10.4 Å². The third kappa shape index (κ3) is 15.3. The third-order valence-electron chi connectivity index (χ3n) is 0.878. The van der Waals surface area contributed by atoms with Gasteiger partial charge in [0, 0.05) is 6.20 Å². The molecule has 0 aliphatic carbocycles. The van der Waals surface area contributed by atoms with Gasteiger partial charge in [0.15, 0.2) is 0 Å². The summed E-state index contributed by atoms with van der Waals surface area (Å²) in [6.45, 7) is 0. The van der Waals surface area contributed by atoms with Crippen LogP contribution in [0.3, 0.4) is 0 Å². The number of pyridine rings is 1. The molecule has 0 aromatic carbocycles. The lowest BCUT2D eigenvalue weighted by Crippen LogP contribution is -1.89. The van der Waals surface area contributed by atoms with Crippen molar-refractivity contribution in [2.75, 3.05) is 0 Å². The Morgan fingerprint density at radius 3 is 2.20 bits per heavy atom. The number of hydrogen-bond donors (Lipinski definition) is 3. The summed E-state index contributed by atoms with van der Waals surface area (Å²) in [6, 6.07) is 5.37. The van der Waals surface area contributed by atoms with Gasteiger partial charge in [-0.1, -0.05) is 18.6 Å². The Morgan fingerprint density at radius 2 is 1.87 bits per heavy atom. The molecule has 0 atom stereocenters. The van der Waals surface area contributed by atoms with Gasteiger partial charge in [-0.25, -0.2) is 0 Å². The first-order chi connectivity index (χ1) is 6.43. The molecule has 0 bridgehead atoms. The van der Waals surface area contributed by atoms with E-state index in [0.29, 0.717) is 5.69 Å². The Bertz CT molecular complexity index is 368. The highest BCUT2D eigenvalue weighted by Crippen LogP contribution is 1.86. The summed E-state index contributed by atoms with van der Waals surface area (Å²) in [6.07, 6.45) is 2.91. The molecule has 0 radical (unpaired) electrons. The maximum Gasteiger partial charge on any atom is 0.394 e. The summed E-state index contributed by atoms with van der Waals surface area (Å²) in [5, 5.41) is 10.9. The minimum Gasteiger partial charge on any atom is -0.411 e. The molecule has 3 N–H and O–H groups in total. The number of rotatable bonds is 1. The van der Waals surface area contributed by atoms with Crippen LogP contribution in [0.15, 0.2) is 29.6 Å². The van der Waals surface area contributed by atoms with E-state index in [9.17, 15) is 0 Å². The van der Waals surface area contributed by atoms with Crippen LogP contribution in [0.5, 0.6) is 0 Å². The number of aromatic nitrogens is 1. The first kappa shape index (κ1) is 15.9. The topological polar surface area (TPSA) is 120 Å². The molecule has 1 aromatic heterocycles. The standard InChI is InChI=1S/C6H6N2O.CH4.H2O4S/c9-8-5-6-3-1-2-4-7-6;;1-5(2,3)4/h1-5,9H;1H4;(H2,1,2,3,4). The maximum atomic E-state index is 8.74. The summed E-state index contributed by atoms with van der Waals surface area (Å²) in [4.78, 5) is 3.86. The van der Waals surface area contributed by atoms with Crippen molar-refractivity contribution in [2.45, 2.75) is 7.43 Å². The van der Waals surface area contributed by atoms with E-state index in [1.165, 1.54) is 6.21 Å². The van der Waals surface area contributed by atoms with E-state index in [1.54, 1.807) is 18.3 Å². The molecule has 1 heterocycles. The van der Waals surface area contributed by atoms with Crippen LogP contribution in [0.1, 0.15) is 13.1 Å². The van der Waals surface area contributed by atoms with Crippen LogP contribution in [0.4, 0.5) is 0 Å². The first-order valence-corrected chi connectivity index (χ1v) is 4.61. The summed E-state index contributed by atoms with van der Waals surface area (Å²) < 4.78 is 31.6. The van der Waals surface area contributed by atoms with Gasteiger partial charge in [0.2, 0.25) is 0 Å².